The topological polar surface area (TPSA) is 390 Å². The Morgan fingerprint density at radius 2 is 0.622 bits per heavy atom. The van der Waals surface area contributed by atoms with Crippen molar-refractivity contribution >= 4 is 83.6 Å². The normalized spacial score (nSPS) is 15.3. The van der Waals surface area contributed by atoms with Crippen LogP contribution in [0.1, 0.15) is 285 Å². The van der Waals surface area contributed by atoms with Crippen LogP contribution < -0.4 is 4.74 Å². The molecule has 2 aliphatic rings. The Morgan fingerprint density at radius 3 is 0.910 bits per heavy atom. The lowest BCUT2D eigenvalue weighted by Crippen LogP contribution is -2.35. The summed E-state index contributed by atoms with van der Waals surface area (Å²) in [6.07, 6.45) is 12.5. The molecule has 0 spiro atoms. The van der Waals surface area contributed by atoms with Crippen molar-refractivity contribution in [3.05, 3.63) is 29.8 Å². The Kier molecular flexibility index (Phi) is 55.1. The molecule has 0 amide bonds. The summed E-state index contributed by atoms with van der Waals surface area (Å²) in [5.41, 5.74) is -2.66. The molecule has 1 aromatic rings. The molecule has 4 atom stereocenters. The van der Waals surface area contributed by atoms with Gasteiger partial charge in [0.15, 0.2) is 0 Å². The number of ether oxygens (including phenoxy) is 12. The molecule has 2 aliphatic carbocycles. The Morgan fingerprint density at radius 1 is 0.333 bits per heavy atom. The van der Waals surface area contributed by atoms with Crippen molar-refractivity contribution < 1.29 is 134 Å². The minimum absolute atomic E-state index is 0.00153. The average Bonchev–Trinajstić information content (AvgIpc) is 0.844. The zero-order valence-electron chi connectivity index (χ0n) is 72.0. The third kappa shape index (κ3) is 45.2. The molecule has 28 nitrogen and oxygen atoms in total. The molecule has 640 valence electrons. The lowest BCUT2D eigenvalue weighted by molar-refractivity contribution is -0.165. The standard InChI is InChI=1S/C17H28O6.C16H26O6.C14H18O4.C12H20O6.C10H20O2.2C7H14O2/c1-5-17(2,3)16(20)23-11-10-22-15(19)13-9-7-6-8-12(13)14(18)21-4;1-4-16(2,3)15(20)22-10-9-21-14(19)12-8-6-5-7-11(12)13(17)18;1-5-14(2,3)13(16)18-11-8-6-10(7-9-11)12(15)17-4;1-4-12(2,3)11(16)18-8-7-17-10(15)6-5-9(13)14;1-5-7-8-12-9(11)10(3,4)6-2;2*1-5-7(2,3)6(8)9-4/h12-13H,5-11H2,1-4H3;11-12H,4-10H2,1-3H3,(H,17,18);6-9H,5H2,1-4H3;4-8H2,1-3H3,(H,13,14);5-8H2,1-4H3;2*5H2,1-4H3. The lowest BCUT2D eigenvalue weighted by Gasteiger charge is -2.27. The van der Waals surface area contributed by atoms with E-state index < -0.39 is 81.1 Å². The number of rotatable bonds is 35. The molecular formula is C83H140O28. The van der Waals surface area contributed by atoms with Crippen LogP contribution in [0.3, 0.4) is 0 Å². The van der Waals surface area contributed by atoms with E-state index in [4.69, 9.17) is 52.8 Å². The van der Waals surface area contributed by atoms with Gasteiger partial charge in [0.2, 0.25) is 0 Å². The Hall–Kier alpha value is -8.20. The molecule has 1 aromatic carbocycles. The summed E-state index contributed by atoms with van der Waals surface area (Å²) < 4.78 is 58.9. The molecule has 2 N–H and O–H groups in total. The summed E-state index contributed by atoms with van der Waals surface area (Å²) in [7, 11) is 5.48. The van der Waals surface area contributed by atoms with E-state index in [-0.39, 0.29) is 116 Å². The monoisotopic (exact) mass is 1580 g/mol. The number of hydrogen-bond acceptors (Lipinski definition) is 26. The number of methoxy groups -OCH3 is 4. The van der Waals surface area contributed by atoms with E-state index in [9.17, 15) is 67.1 Å². The Bertz CT molecular complexity index is 2960. The first kappa shape index (κ1) is 109. The van der Waals surface area contributed by atoms with Crippen LogP contribution in [-0.2, 0) is 114 Å². The van der Waals surface area contributed by atoms with E-state index in [1.165, 1.54) is 28.4 Å². The van der Waals surface area contributed by atoms with E-state index in [1.807, 2.05) is 118 Å². The second-order valence-electron chi connectivity index (χ2n) is 31.3. The minimum Gasteiger partial charge on any atom is -0.481 e. The quantitative estimate of drug-likeness (QED) is 0.0276. The average molecular weight is 1590 g/mol. The van der Waals surface area contributed by atoms with E-state index in [1.54, 1.807) is 52.0 Å². The highest BCUT2D eigenvalue weighted by Gasteiger charge is 2.40. The van der Waals surface area contributed by atoms with Gasteiger partial charge in [-0.25, -0.2) is 4.79 Å². The van der Waals surface area contributed by atoms with Gasteiger partial charge in [-0.2, -0.15) is 0 Å². The van der Waals surface area contributed by atoms with Gasteiger partial charge in [0.25, 0.3) is 0 Å². The van der Waals surface area contributed by atoms with Crippen LogP contribution in [0.4, 0.5) is 0 Å². The van der Waals surface area contributed by atoms with Crippen LogP contribution in [0.15, 0.2) is 24.3 Å². The van der Waals surface area contributed by atoms with E-state index in [0.29, 0.717) is 69.3 Å². The van der Waals surface area contributed by atoms with Crippen LogP contribution in [0.2, 0.25) is 0 Å². The van der Waals surface area contributed by atoms with Gasteiger partial charge in [-0.1, -0.05) is 87.5 Å². The van der Waals surface area contributed by atoms with Gasteiger partial charge >= 0.3 is 83.6 Å². The first-order valence-corrected chi connectivity index (χ1v) is 38.7. The number of carbonyl (C=O) groups excluding carboxylic acids is 12. The molecule has 0 aromatic heterocycles. The Balaban J connectivity index is -0.000000617. The zero-order chi connectivity index (χ0) is 86.7. The summed E-state index contributed by atoms with van der Waals surface area (Å²) in [4.78, 5) is 159. The van der Waals surface area contributed by atoms with Gasteiger partial charge < -0.3 is 67.1 Å². The van der Waals surface area contributed by atoms with Crippen molar-refractivity contribution in [1.82, 2.24) is 0 Å². The van der Waals surface area contributed by atoms with E-state index in [0.717, 1.165) is 57.8 Å². The highest BCUT2D eigenvalue weighted by Crippen LogP contribution is 2.34. The third-order valence-electron chi connectivity index (χ3n) is 19.8. The fourth-order valence-corrected chi connectivity index (χ4v) is 8.57. The van der Waals surface area contributed by atoms with E-state index >= 15 is 0 Å². The van der Waals surface area contributed by atoms with E-state index in [2.05, 4.69) is 21.1 Å². The van der Waals surface area contributed by atoms with Crippen LogP contribution in [0, 0.1) is 61.6 Å². The van der Waals surface area contributed by atoms with Crippen molar-refractivity contribution in [2.75, 3.05) is 74.7 Å². The minimum atomic E-state index is -1.05. The van der Waals surface area contributed by atoms with Crippen LogP contribution in [0.5, 0.6) is 5.75 Å². The van der Waals surface area contributed by atoms with Crippen molar-refractivity contribution in [2.45, 2.75) is 274 Å². The van der Waals surface area contributed by atoms with Crippen LogP contribution in [-0.4, -0.2) is 168 Å². The SMILES string of the molecule is CCC(C)(C)C(=O)OC.CCC(C)(C)C(=O)OC.CCC(C)(C)C(=O)OCCOC(=O)C1CCCCC1C(=O)O.CCC(C)(C)C(=O)OCCOC(=O)C1CCCCC1C(=O)OC.CCC(C)(C)C(=O)OCCOC(=O)CCC(=O)O.CCC(C)(C)C(=O)Oc1ccc(C(=O)OC)cc1.CCCCOC(=O)C(C)(C)CC. The van der Waals surface area contributed by atoms with Crippen molar-refractivity contribution in [2.24, 2.45) is 61.6 Å². The number of hydrogen-bond donors (Lipinski definition) is 2. The predicted octanol–water partition coefficient (Wildman–Crippen LogP) is 15.0. The van der Waals surface area contributed by atoms with Gasteiger partial charge in [-0.15, -0.1) is 0 Å². The van der Waals surface area contributed by atoms with Crippen molar-refractivity contribution in [1.29, 1.82) is 0 Å². The maximum absolute atomic E-state index is 12.2. The predicted molar refractivity (Wildman–Crippen MR) is 415 cm³/mol. The molecular weight excluding hydrogens is 1440 g/mol. The van der Waals surface area contributed by atoms with Crippen molar-refractivity contribution in [3.63, 3.8) is 0 Å². The molecule has 28 heteroatoms. The van der Waals surface area contributed by atoms with Gasteiger partial charge in [0.1, 0.15) is 45.4 Å². The Labute approximate surface area is 661 Å². The molecule has 3 rings (SSSR count). The summed E-state index contributed by atoms with van der Waals surface area (Å²) in [6.45, 7) is 41.9. The summed E-state index contributed by atoms with van der Waals surface area (Å²) in [6, 6.07) is 6.28. The molecule has 0 aliphatic heterocycles. The molecule has 0 saturated heterocycles. The lowest BCUT2D eigenvalue weighted by atomic mass is 9.79. The largest absolute Gasteiger partial charge is 0.481 e. The zero-order valence-corrected chi connectivity index (χ0v) is 72.0. The first-order chi connectivity index (χ1) is 51.4. The number of carboxylic acid groups (broad SMARTS) is 2. The highest BCUT2D eigenvalue weighted by molar-refractivity contribution is 5.90. The summed E-state index contributed by atoms with van der Waals surface area (Å²) in [5.74, 6) is -7.60. The molecule has 2 saturated carbocycles. The van der Waals surface area contributed by atoms with Crippen LogP contribution >= 0.6 is 0 Å². The third-order valence-corrected chi connectivity index (χ3v) is 19.8. The van der Waals surface area contributed by atoms with Gasteiger partial charge in [-0.05, 0) is 198 Å². The molecule has 0 radical (unpaired) electrons. The number of unbranched alkanes of at least 4 members (excludes halogenated alkanes) is 1. The summed E-state index contributed by atoms with van der Waals surface area (Å²) in [5, 5.41) is 17.5. The number of carboxylic acids is 2. The molecule has 2 fully saturated rings. The fourth-order valence-electron chi connectivity index (χ4n) is 8.57. The molecule has 111 heavy (non-hydrogen) atoms. The van der Waals surface area contributed by atoms with Gasteiger partial charge in [-0.3, -0.25) is 62.3 Å². The molecule has 4 unspecified atom stereocenters. The van der Waals surface area contributed by atoms with Crippen LogP contribution in [0.25, 0.3) is 0 Å². The molecule has 0 bridgehead atoms. The highest BCUT2D eigenvalue weighted by atomic mass is 16.6. The number of carbonyl (C=O) groups is 14. The number of aliphatic carboxylic acids is 2. The maximum Gasteiger partial charge on any atom is 0.337 e. The second-order valence-corrected chi connectivity index (χ2v) is 31.3. The molecule has 0 heterocycles. The first-order valence-electron chi connectivity index (χ1n) is 38.7. The van der Waals surface area contributed by atoms with Gasteiger partial charge in [0.05, 0.1) is 115 Å². The smallest absolute Gasteiger partial charge is 0.337 e. The number of benzene rings is 1. The van der Waals surface area contributed by atoms with Crippen molar-refractivity contribution in [3.8, 4) is 5.75 Å². The number of esters is 12. The second kappa shape index (κ2) is 56.1. The summed E-state index contributed by atoms with van der Waals surface area (Å²) >= 11 is 0. The van der Waals surface area contributed by atoms with Gasteiger partial charge in [0, 0.05) is 0 Å². The maximum atomic E-state index is 12.2. The fraction of sp³-hybridized carbons (Fsp3) is 0.759.